The number of nitrogens with two attached hydrogens (primary N) is 1. The molecule has 0 spiro atoms. The van der Waals surface area contributed by atoms with Crippen molar-refractivity contribution in [3.63, 3.8) is 0 Å². The smallest absolute Gasteiger partial charge is 0.0459 e. The van der Waals surface area contributed by atoms with Crippen molar-refractivity contribution in [3.05, 3.63) is 22.5 Å². The highest BCUT2D eigenvalue weighted by atomic mass is 14.8. The molecule has 0 unspecified atom stereocenters. The van der Waals surface area contributed by atoms with Gasteiger partial charge in [-0.15, -0.1) is 0 Å². The maximum Gasteiger partial charge on any atom is 0.0459 e. The fourth-order valence-corrected chi connectivity index (χ4v) is 2.40. The lowest BCUT2D eigenvalue weighted by Gasteiger charge is -2.13. The minimum absolute atomic E-state index is 1.00. The number of hydrogen-bond acceptors (Lipinski definition) is 2. The highest BCUT2D eigenvalue weighted by Gasteiger charge is 2.19. The summed E-state index contributed by atoms with van der Waals surface area (Å²) in [6.07, 6.45) is 5.49. The molecular formula is C12H18N2. The zero-order valence-corrected chi connectivity index (χ0v) is 9.06. The highest BCUT2D eigenvalue weighted by molar-refractivity contribution is 5.58. The van der Waals surface area contributed by atoms with Gasteiger partial charge in [0.2, 0.25) is 0 Å². The molecule has 0 radical (unpaired) electrons. The van der Waals surface area contributed by atoms with Crippen LogP contribution in [0.15, 0.2) is 0 Å². The van der Waals surface area contributed by atoms with Crippen molar-refractivity contribution in [2.75, 3.05) is 5.73 Å². The average Bonchev–Trinajstić information content (AvgIpc) is 2.65. The summed E-state index contributed by atoms with van der Waals surface area (Å²) >= 11 is 0. The van der Waals surface area contributed by atoms with E-state index in [9.17, 15) is 0 Å². The van der Waals surface area contributed by atoms with Gasteiger partial charge in [-0.25, -0.2) is 0 Å². The summed E-state index contributed by atoms with van der Waals surface area (Å²) < 4.78 is 0. The predicted molar refractivity (Wildman–Crippen MR) is 59.4 cm³/mol. The lowest BCUT2D eigenvalue weighted by atomic mass is 10.0. The Labute approximate surface area is 85.5 Å². The molecule has 0 saturated carbocycles. The quantitative estimate of drug-likeness (QED) is 0.777. The van der Waals surface area contributed by atoms with Crippen LogP contribution in [-0.2, 0) is 25.7 Å². The number of aryl methyl sites for hydroxylation is 2. The van der Waals surface area contributed by atoms with Gasteiger partial charge in [0.25, 0.3) is 0 Å². The van der Waals surface area contributed by atoms with E-state index < -0.39 is 0 Å². The van der Waals surface area contributed by atoms with E-state index in [1.54, 1.807) is 0 Å². The largest absolute Gasteiger partial charge is 0.398 e. The van der Waals surface area contributed by atoms with Crippen LogP contribution in [0.3, 0.4) is 0 Å². The molecule has 1 aromatic rings. The molecule has 0 aromatic carbocycles. The first-order chi connectivity index (χ1) is 6.77. The van der Waals surface area contributed by atoms with Gasteiger partial charge in [-0.1, -0.05) is 13.8 Å². The third-order valence-corrected chi connectivity index (χ3v) is 3.15. The minimum atomic E-state index is 1.00. The molecule has 2 rings (SSSR count). The normalized spacial score (nSPS) is 14.4. The van der Waals surface area contributed by atoms with Crippen LogP contribution < -0.4 is 5.73 Å². The Hall–Kier alpha value is -1.05. The van der Waals surface area contributed by atoms with Crippen molar-refractivity contribution >= 4 is 5.69 Å². The summed E-state index contributed by atoms with van der Waals surface area (Å²) in [6, 6.07) is 0. The molecule has 2 nitrogen and oxygen atoms in total. The molecule has 1 aliphatic carbocycles. The molecule has 0 bridgehead atoms. The van der Waals surface area contributed by atoms with E-state index in [0.717, 1.165) is 31.4 Å². The zero-order chi connectivity index (χ0) is 10.1. The molecule has 2 heteroatoms. The van der Waals surface area contributed by atoms with E-state index in [1.165, 1.54) is 28.9 Å². The molecule has 0 fully saturated rings. The second-order valence-corrected chi connectivity index (χ2v) is 3.94. The number of nitrogen functional groups attached to an aromatic ring is 1. The maximum absolute atomic E-state index is 6.18. The summed E-state index contributed by atoms with van der Waals surface area (Å²) in [5.41, 5.74) is 12.3. The summed E-state index contributed by atoms with van der Waals surface area (Å²) in [4.78, 5) is 4.72. The Balaban J connectivity index is 2.60. The molecule has 0 amide bonds. The molecule has 0 aliphatic heterocycles. The Morgan fingerprint density at radius 2 is 2.00 bits per heavy atom. The van der Waals surface area contributed by atoms with Gasteiger partial charge in [0.1, 0.15) is 0 Å². The van der Waals surface area contributed by atoms with E-state index in [4.69, 9.17) is 10.7 Å². The molecule has 76 valence electrons. The van der Waals surface area contributed by atoms with Crippen molar-refractivity contribution in [3.8, 4) is 0 Å². The van der Waals surface area contributed by atoms with Crippen molar-refractivity contribution < 1.29 is 0 Å². The number of hydrogen-bond donors (Lipinski definition) is 1. The monoisotopic (exact) mass is 190 g/mol. The summed E-state index contributed by atoms with van der Waals surface area (Å²) in [6.45, 7) is 4.32. The SMILES string of the molecule is CCc1nc2c(c(N)c1CC)CCC2. The Bertz CT molecular complexity index is 356. The van der Waals surface area contributed by atoms with Crippen LogP contribution in [0.2, 0.25) is 0 Å². The lowest BCUT2D eigenvalue weighted by molar-refractivity contribution is 0.886. The molecule has 2 N–H and O–H groups in total. The van der Waals surface area contributed by atoms with Gasteiger partial charge in [-0.2, -0.15) is 0 Å². The van der Waals surface area contributed by atoms with Gasteiger partial charge >= 0.3 is 0 Å². The molecular weight excluding hydrogens is 172 g/mol. The molecule has 14 heavy (non-hydrogen) atoms. The van der Waals surface area contributed by atoms with E-state index >= 15 is 0 Å². The zero-order valence-electron chi connectivity index (χ0n) is 9.06. The van der Waals surface area contributed by atoms with E-state index in [1.807, 2.05) is 0 Å². The van der Waals surface area contributed by atoms with Gasteiger partial charge < -0.3 is 5.73 Å². The minimum Gasteiger partial charge on any atom is -0.398 e. The number of pyridine rings is 1. The topological polar surface area (TPSA) is 38.9 Å². The summed E-state index contributed by atoms with van der Waals surface area (Å²) in [7, 11) is 0. The lowest BCUT2D eigenvalue weighted by Crippen LogP contribution is -2.06. The average molecular weight is 190 g/mol. The van der Waals surface area contributed by atoms with Crippen LogP contribution in [-0.4, -0.2) is 4.98 Å². The number of nitrogens with zero attached hydrogens (tertiary/aromatic N) is 1. The van der Waals surface area contributed by atoms with Crippen molar-refractivity contribution in [2.24, 2.45) is 0 Å². The van der Waals surface area contributed by atoms with Crippen LogP contribution in [0.1, 0.15) is 42.8 Å². The van der Waals surface area contributed by atoms with Crippen molar-refractivity contribution in [1.82, 2.24) is 4.98 Å². The summed E-state index contributed by atoms with van der Waals surface area (Å²) in [5, 5.41) is 0. The van der Waals surface area contributed by atoms with Crippen LogP contribution in [0.5, 0.6) is 0 Å². The molecule has 0 atom stereocenters. The van der Waals surface area contributed by atoms with Crippen LogP contribution in [0.4, 0.5) is 5.69 Å². The highest BCUT2D eigenvalue weighted by Crippen LogP contribution is 2.30. The number of rotatable bonds is 2. The van der Waals surface area contributed by atoms with E-state index in [-0.39, 0.29) is 0 Å². The number of anilines is 1. The standard InChI is InChI=1S/C12H18N2/c1-3-8-10(4-2)14-11-7-5-6-9(11)12(8)13/h3-7H2,1-2H3,(H2,13,14). The fraction of sp³-hybridized carbons (Fsp3) is 0.583. The van der Waals surface area contributed by atoms with Crippen molar-refractivity contribution in [2.45, 2.75) is 46.0 Å². The Morgan fingerprint density at radius 1 is 1.21 bits per heavy atom. The number of fused-ring (bicyclic) bond motifs is 1. The van der Waals surface area contributed by atoms with Gasteiger partial charge in [-0.3, -0.25) is 4.98 Å². The summed E-state index contributed by atoms with van der Waals surface area (Å²) in [5.74, 6) is 0. The predicted octanol–water partition coefficient (Wildman–Crippen LogP) is 2.28. The first kappa shape index (κ1) is 9.50. The third kappa shape index (κ3) is 1.29. The van der Waals surface area contributed by atoms with Gasteiger partial charge in [0, 0.05) is 17.1 Å². The molecule has 0 saturated heterocycles. The molecule has 1 aliphatic rings. The first-order valence-electron chi connectivity index (χ1n) is 5.56. The maximum atomic E-state index is 6.18. The van der Waals surface area contributed by atoms with E-state index in [2.05, 4.69) is 13.8 Å². The van der Waals surface area contributed by atoms with Gasteiger partial charge in [-0.05, 0) is 43.2 Å². The van der Waals surface area contributed by atoms with Crippen LogP contribution >= 0.6 is 0 Å². The van der Waals surface area contributed by atoms with Gasteiger partial charge in [0.05, 0.1) is 0 Å². The molecule has 1 heterocycles. The Morgan fingerprint density at radius 3 is 2.64 bits per heavy atom. The first-order valence-corrected chi connectivity index (χ1v) is 5.56. The second kappa shape index (κ2) is 3.60. The van der Waals surface area contributed by atoms with E-state index in [0.29, 0.717) is 0 Å². The Kier molecular flexibility index (Phi) is 2.44. The third-order valence-electron chi connectivity index (χ3n) is 3.15. The fourth-order valence-electron chi connectivity index (χ4n) is 2.40. The van der Waals surface area contributed by atoms with Crippen molar-refractivity contribution in [1.29, 1.82) is 0 Å². The second-order valence-electron chi connectivity index (χ2n) is 3.94. The van der Waals surface area contributed by atoms with Crippen LogP contribution in [0, 0.1) is 0 Å². The number of aromatic nitrogens is 1. The van der Waals surface area contributed by atoms with Crippen LogP contribution in [0.25, 0.3) is 0 Å². The molecule has 1 aromatic heterocycles. The van der Waals surface area contributed by atoms with Gasteiger partial charge in [0.15, 0.2) is 0 Å².